The molecule has 0 fully saturated rings. The quantitative estimate of drug-likeness (QED) is 0.452. The van der Waals surface area contributed by atoms with E-state index < -0.39 is 0 Å². The maximum absolute atomic E-state index is 12.7. The number of rotatable bonds is 11. The zero-order chi connectivity index (χ0) is 21.3. The minimum absolute atomic E-state index is 0.105. The zero-order valence-electron chi connectivity index (χ0n) is 16.9. The molecule has 0 saturated carbocycles. The number of anilines is 1. The van der Waals surface area contributed by atoms with Crippen LogP contribution >= 0.6 is 22.7 Å². The summed E-state index contributed by atoms with van der Waals surface area (Å²) in [7, 11) is 1.56. The van der Waals surface area contributed by atoms with Gasteiger partial charge in [0.05, 0.1) is 43.3 Å². The number of methoxy groups -OCH3 is 1. The molecule has 0 aromatic carbocycles. The van der Waals surface area contributed by atoms with E-state index in [9.17, 15) is 9.59 Å². The fraction of sp³-hybridized carbons (Fsp3) is 0.421. The Morgan fingerprint density at radius 1 is 1.33 bits per heavy atom. The van der Waals surface area contributed by atoms with Gasteiger partial charge in [-0.25, -0.2) is 15.0 Å². The van der Waals surface area contributed by atoms with Crippen molar-refractivity contribution < 1.29 is 14.3 Å². The number of amides is 2. The molecule has 9 nitrogen and oxygen atoms in total. The van der Waals surface area contributed by atoms with Gasteiger partial charge in [0.2, 0.25) is 5.91 Å². The first-order valence-corrected chi connectivity index (χ1v) is 11.2. The highest BCUT2D eigenvalue weighted by molar-refractivity contribution is 7.17. The fourth-order valence-corrected chi connectivity index (χ4v) is 4.29. The van der Waals surface area contributed by atoms with Gasteiger partial charge in [-0.1, -0.05) is 11.3 Å². The smallest absolute Gasteiger partial charge is 0.263 e. The average Bonchev–Trinajstić information content (AvgIpc) is 3.50. The summed E-state index contributed by atoms with van der Waals surface area (Å²) in [5, 5.41) is 3.39. The van der Waals surface area contributed by atoms with E-state index in [1.165, 1.54) is 28.9 Å². The molecule has 1 N–H and O–H groups in total. The van der Waals surface area contributed by atoms with E-state index in [0.29, 0.717) is 29.7 Å². The zero-order valence-corrected chi connectivity index (χ0v) is 18.5. The lowest BCUT2D eigenvalue weighted by Crippen LogP contribution is -2.31. The number of nitrogens with zero attached hydrogens (tertiary/aromatic N) is 5. The SMILES string of the molecule is COCCC(=O)N(Cc1scnc1C)c1ncc(C(=O)NCCCn2ccnc2)s1. The van der Waals surface area contributed by atoms with Gasteiger partial charge in [-0.15, -0.1) is 11.3 Å². The summed E-state index contributed by atoms with van der Waals surface area (Å²) >= 11 is 2.70. The highest BCUT2D eigenvalue weighted by atomic mass is 32.1. The van der Waals surface area contributed by atoms with Gasteiger partial charge in [-0.3, -0.25) is 14.5 Å². The van der Waals surface area contributed by atoms with Crippen LogP contribution in [0.5, 0.6) is 0 Å². The van der Waals surface area contributed by atoms with Gasteiger partial charge >= 0.3 is 0 Å². The molecular weight excluding hydrogens is 424 g/mol. The summed E-state index contributed by atoms with van der Waals surface area (Å²) in [6, 6.07) is 0. The number of carbonyl (C=O) groups excluding carboxylic acids is 2. The topological polar surface area (TPSA) is 102 Å². The second kappa shape index (κ2) is 11.0. The fourth-order valence-electron chi connectivity index (χ4n) is 2.67. The molecule has 0 aliphatic rings. The van der Waals surface area contributed by atoms with Gasteiger partial charge in [0.15, 0.2) is 5.13 Å². The summed E-state index contributed by atoms with van der Waals surface area (Å²) in [4.78, 5) is 40.8. The number of carbonyl (C=O) groups is 2. The molecule has 3 heterocycles. The molecule has 30 heavy (non-hydrogen) atoms. The first kappa shape index (κ1) is 22.1. The van der Waals surface area contributed by atoms with E-state index in [4.69, 9.17) is 4.74 Å². The van der Waals surface area contributed by atoms with Crippen LogP contribution < -0.4 is 10.2 Å². The van der Waals surface area contributed by atoms with Gasteiger partial charge in [-0.05, 0) is 13.3 Å². The van der Waals surface area contributed by atoms with Gasteiger partial charge in [0.25, 0.3) is 5.91 Å². The molecular formula is C19H24N6O3S2. The molecule has 11 heteroatoms. The minimum Gasteiger partial charge on any atom is -0.384 e. The Morgan fingerprint density at radius 2 is 2.20 bits per heavy atom. The molecule has 3 aromatic rings. The highest BCUT2D eigenvalue weighted by Crippen LogP contribution is 2.26. The van der Waals surface area contributed by atoms with Crippen molar-refractivity contribution in [2.24, 2.45) is 0 Å². The van der Waals surface area contributed by atoms with Crippen LogP contribution in [-0.2, 0) is 22.6 Å². The van der Waals surface area contributed by atoms with E-state index in [1.807, 2.05) is 17.7 Å². The molecule has 160 valence electrons. The van der Waals surface area contributed by atoms with Gasteiger partial charge in [0, 0.05) is 37.5 Å². The van der Waals surface area contributed by atoms with Crippen molar-refractivity contribution in [2.45, 2.75) is 32.9 Å². The third-order valence-corrected chi connectivity index (χ3v) is 6.29. The van der Waals surface area contributed by atoms with E-state index in [1.54, 1.807) is 30.0 Å². The van der Waals surface area contributed by atoms with Crippen molar-refractivity contribution >= 4 is 39.6 Å². The predicted octanol–water partition coefficient (Wildman–Crippen LogP) is 2.49. The van der Waals surface area contributed by atoms with E-state index in [2.05, 4.69) is 20.3 Å². The largest absolute Gasteiger partial charge is 0.384 e. The lowest BCUT2D eigenvalue weighted by molar-refractivity contribution is -0.119. The number of imidazole rings is 1. The van der Waals surface area contributed by atoms with E-state index >= 15 is 0 Å². The lowest BCUT2D eigenvalue weighted by Gasteiger charge is -2.19. The van der Waals surface area contributed by atoms with Crippen molar-refractivity contribution in [1.29, 1.82) is 0 Å². The number of thiazole rings is 2. The van der Waals surface area contributed by atoms with Crippen molar-refractivity contribution in [2.75, 3.05) is 25.2 Å². The number of hydrogen-bond acceptors (Lipinski definition) is 8. The molecule has 0 atom stereocenters. The lowest BCUT2D eigenvalue weighted by atomic mass is 10.3. The van der Waals surface area contributed by atoms with Gasteiger partial charge < -0.3 is 14.6 Å². The normalized spacial score (nSPS) is 10.9. The molecule has 0 unspecified atom stereocenters. The Kier molecular flexibility index (Phi) is 8.05. The number of nitrogens with one attached hydrogen (secondary N) is 1. The van der Waals surface area contributed by atoms with Crippen molar-refractivity contribution in [1.82, 2.24) is 24.8 Å². The maximum atomic E-state index is 12.7. The summed E-state index contributed by atoms with van der Waals surface area (Å²) in [6.07, 6.45) is 7.91. The standard InChI is InChI=1S/C19H24N6O3S2/c1-14-16(29-13-23-14)11-25(17(26)4-9-28-2)19-22-10-15(30-19)18(27)21-5-3-7-24-8-6-20-12-24/h6,8,10,12-13H,3-5,7,9,11H2,1-2H3,(H,21,27). The van der Waals surface area contributed by atoms with Crippen molar-refractivity contribution in [3.8, 4) is 0 Å². The Hall–Kier alpha value is -2.63. The first-order valence-electron chi connectivity index (χ1n) is 9.46. The maximum Gasteiger partial charge on any atom is 0.263 e. The monoisotopic (exact) mass is 448 g/mol. The summed E-state index contributed by atoms with van der Waals surface area (Å²) in [5.41, 5.74) is 2.64. The van der Waals surface area contributed by atoms with Crippen LogP contribution in [0.2, 0.25) is 0 Å². The third kappa shape index (κ3) is 5.94. The molecule has 0 saturated heterocycles. The van der Waals surface area contributed by atoms with Crippen LogP contribution in [0.15, 0.2) is 30.4 Å². The summed E-state index contributed by atoms with van der Waals surface area (Å²) in [5.74, 6) is -0.297. The van der Waals surface area contributed by atoms with Crippen LogP contribution in [0.4, 0.5) is 5.13 Å². The molecule has 0 aliphatic carbocycles. The predicted molar refractivity (Wildman–Crippen MR) is 116 cm³/mol. The first-order chi connectivity index (χ1) is 14.6. The van der Waals surface area contributed by atoms with Gasteiger partial charge in [-0.2, -0.15) is 0 Å². The molecule has 0 aliphatic heterocycles. The number of aryl methyl sites for hydroxylation is 2. The van der Waals surface area contributed by atoms with Crippen molar-refractivity contribution in [3.63, 3.8) is 0 Å². The second-order valence-corrected chi connectivity index (χ2v) is 8.45. The van der Waals surface area contributed by atoms with Gasteiger partial charge in [0.1, 0.15) is 4.88 Å². The van der Waals surface area contributed by atoms with Crippen LogP contribution in [0, 0.1) is 6.92 Å². The Bertz CT molecular complexity index is 953. The summed E-state index contributed by atoms with van der Waals surface area (Å²) < 4.78 is 7.00. The molecule has 3 aromatic heterocycles. The second-order valence-electron chi connectivity index (χ2n) is 6.50. The molecule has 2 amide bonds. The molecule has 0 spiro atoms. The Labute approximate surface area is 182 Å². The third-order valence-electron chi connectivity index (χ3n) is 4.35. The number of hydrogen-bond donors (Lipinski definition) is 1. The number of aromatic nitrogens is 4. The minimum atomic E-state index is -0.192. The van der Waals surface area contributed by atoms with E-state index in [-0.39, 0.29) is 18.2 Å². The summed E-state index contributed by atoms with van der Waals surface area (Å²) in [6.45, 7) is 3.93. The average molecular weight is 449 g/mol. The van der Waals surface area contributed by atoms with Crippen LogP contribution in [0.1, 0.15) is 33.1 Å². The highest BCUT2D eigenvalue weighted by Gasteiger charge is 2.22. The van der Waals surface area contributed by atoms with Crippen LogP contribution in [0.25, 0.3) is 0 Å². The van der Waals surface area contributed by atoms with Crippen LogP contribution in [0.3, 0.4) is 0 Å². The number of ether oxygens (including phenoxy) is 1. The molecule has 0 radical (unpaired) electrons. The van der Waals surface area contributed by atoms with E-state index in [0.717, 1.165) is 23.5 Å². The Morgan fingerprint density at radius 3 is 2.90 bits per heavy atom. The van der Waals surface area contributed by atoms with Crippen molar-refractivity contribution in [3.05, 3.63) is 45.9 Å². The molecule has 0 bridgehead atoms. The van der Waals surface area contributed by atoms with Crippen LogP contribution in [-0.4, -0.2) is 51.6 Å². The Balaban J connectivity index is 1.62. The molecule has 3 rings (SSSR count).